The molecule has 1 fully saturated rings. The van der Waals surface area contributed by atoms with Crippen molar-refractivity contribution in [2.45, 2.75) is 12.5 Å². The number of rotatable bonds is 1. The van der Waals surface area contributed by atoms with Crippen molar-refractivity contribution in [3.05, 3.63) is 12.2 Å². The molecule has 4 nitrogen and oxygen atoms in total. The van der Waals surface area contributed by atoms with Gasteiger partial charge in [-0.1, -0.05) is 0 Å². The molecule has 0 aromatic carbocycles. The highest BCUT2D eigenvalue weighted by molar-refractivity contribution is 6.13. The van der Waals surface area contributed by atoms with E-state index in [0.717, 1.165) is 19.5 Å². The van der Waals surface area contributed by atoms with E-state index in [0.29, 0.717) is 0 Å². The van der Waals surface area contributed by atoms with E-state index in [9.17, 15) is 9.59 Å². The molecule has 2 rings (SSSR count). The summed E-state index contributed by atoms with van der Waals surface area (Å²) in [4.78, 5) is 23.7. The van der Waals surface area contributed by atoms with Crippen molar-refractivity contribution in [2.24, 2.45) is 0 Å². The zero-order chi connectivity index (χ0) is 8.55. The lowest BCUT2D eigenvalue weighted by molar-refractivity contribution is -0.139. The van der Waals surface area contributed by atoms with Crippen LogP contribution in [-0.4, -0.2) is 35.8 Å². The van der Waals surface area contributed by atoms with E-state index < -0.39 is 0 Å². The molecular weight excluding hydrogens is 156 g/mol. The summed E-state index contributed by atoms with van der Waals surface area (Å²) in [6, 6.07) is 0.0694. The molecule has 0 aromatic heterocycles. The van der Waals surface area contributed by atoms with Crippen molar-refractivity contribution in [1.82, 2.24) is 10.2 Å². The fraction of sp³-hybridized carbons (Fsp3) is 0.500. The molecule has 0 bridgehead atoms. The van der Waals surface area contributed by atoms with Crippen LogP contribution in [-0.2, 0) is 9.59 Å². The number of nitrogens with zero attached hydrogens (tertiary/aromatic N) is 1. The van der Waals surface area contributed by atoms with Gasteiger partial charge in [-0.2, -0.15) is 0 Å². The predicted molar refractivity (Wildman–Crippen MR) is 42.3 cm³/mol. The minimum absolute atomic E-state index is 0.0694. The van der Waals surface area contributed by atoms with Gasteiger partial charge in [0.15, 0.2) is 0 Å². The normalized spacial score (nSPS) is 29.0. The van der Waals surface area contributed by atoms with Gasteiger partial charge in [0.2, 0.25) is 0 Å². The maximum absolute atomic E-state index is 11.2. The first-order valence-corrected chi connectivity index (χ1v) is 4.05. The third-order valence-electron chi connectivity index (χ3n) is 2.24. The molecule has 1 N–H and O–H groups in total. The summed E-state index contributed by atoms with van der Waals surface area (Å²) in [5.41, 5.74) is 0. The van der Waals surface area contributed by atoms with Gasteiger partial charge in [0, 0.05) is 18.7 Å². The Bertz CT molecular complexity index is 236. The number of carbonyl (C=O) groups excluding carboxylic acids is 2. The SMILES string of the molecule is O=C1C=CC(=O)N1C1CCNC1. The Morgan fingerprint density at radius 1 is 1.33 bits per heavy atom. The smallest absolute Gasteiger partial charge is 0.253 e. The average molecular weight is 166 g/mol. The van der Waals surface area contributed by atoms with Gasteiger partial charge in [0.25, 0.3) is 11.8 Å². The number of imide groups is 1. The maximum Gasteiger partial charge on any atom is 0.253 e. The Labute approximate surface area is 70.2 Å². The van der Waals surface area contributed by atoms with E-state index in [-0.39, 0.29) is 17.9 Å². The zero-order valence-electron chi connectivity index (χ0n) is 6.62. The second-order valence-corrected chi connectivity index (χ2v) is 3.03. The van der Waals surface area contributed by atoms with Gasteiger partial charge in [0.1, 0.15) is 0 Å². The van der Waals surface area contributed by atoms with Crippen LogP contribution >= 0.6 is 0 Å². The Kier molecular flexibility index (Phi) is 1.69. The lowest BCUT2D eigenvalue weighted by atomic mass is 10.2. The van der Waals surface area contributed by atoms with E-state index in [4.69, 9.17) is 0 Å². The minimum Gasteiger partial charge on any atom is -0.315 e. The quantitative estimate of drug-likeness (QED) is 0.523. The number of hydrogen-bond donors (Lipinski definition) is 1. The van der Waals surface area contributed by atoms with Crippen LogP contribution < -0.4 is 5.32 Å². The van der Waals surface area contributed by atoms with Crippen LogP contribution in [0.5, 0.6) is 0 Å². The Balaban J connectivity index is 2.12. The second-order valence-electron chi connectivity index (χ2n) is 3.03. The minimum atomic E-state index is -0.172. The number of carbonyl (C=O) groups is 2. The molecular formula is C8H10N2O2. The third kappa shape index (κ3) is 1.04. The summed E-state index contributed by atoms with van der Waals surface area (Å²) in [5, 5.41) is 3.12. The summed E-state index contributed by atoms with van der Waals surface area (Å²) in [7, 11) is 0. The first-order chi connectivity index (χ1) is 5.79. The first kappa shape index (κ1) is 7.49. The highest BCUT2D eigenvalue weighted by atomic mass is 16.2. The van der Waals surface area contributed by atoms with Crippen molar-refractivity contribution in [2.75, 3.05) is 13.1 Å². The van der Waals surface area contributed by atoms with E-state index in [1.54, 1.807) is 0 Å². The van der Waals surface area contributed by atoms with Gasteiger partial charge in [-0.05, 0) is 13.0 Å². The van der Waals surface area contributed by atoms with Crippen molar-refractivity contribution >= 4 is 11.8 Å². The van der Waals surface area contributed by atoms with Gasteiger partial charge in [-0.25, -0.2) is 0 Å². The van der Waals surface area contributed by atoms with Gasteiger partial charge in [-0.3, -0.25) is 14.5 Å². The monoisotopic (exact) mass is 166 g/mol. The van der Waals surface area contributed by atoms with Gasteiger partial charge >= 0.3 is 0 Å². The largest absolute Gasteiger partial charge is 0.315 e. The zero-order valence-corrected chi connectivity index (χ0v) is 6.62. The second kappa shape index (κ2) is 2.71. The molecule has 2 amide bonds. The highest BCUT2D eigenvalue weighted by Crippen LogP contribution is 2.13. The van der Waals surface area contributed by atoms with Crippen molar-refractivity contribution < 1.29 is 9.59 Å². The van der Waals surface area contributed by atoms with Crippen LogP contribution in [0.25, 0.3) is 0 Å². The van der Waals surface area contributed by atoms with Gasteiger partial charge in [0.05, 0.1) is 6.04 Å². The summed E-state index contributed by atoms with van der Waals surface area (Å²) in [6.45, 7) is 1.63. The molecule has 1 atom stereocenters. The van der Waals surface area contributed by atoms with Crippen molar-refractivity contribution in [1.29, 1.82) is 0 Å². The lowest BCUT2D eigenvalue weighted by Crippen LogP contribution is -2.41. The van der Waals surface area contributed by atoms with Crippen LogP contribution in [0.2, 0.25) is 0 Å². The van der Waals surface area contributed by atoms with E-state index in [2.05, 4.69) is 5.32 Å². The van der Waals surface area contributed by atoms with Crippen LogP contribution in [0.1, 0.15) is 6.42 Å². The highest BCUT2D eigenvalue weighted by Gasteiger charge is 2.32. The molecule has 0 spiro atoms. The molecule has 2 heterocycles. The van der Waals surface area contributed by atoms with Crippen molar-refractivity contribution in [3.63, 3.8) is 0 Å². The standard InChI is InChI=1S/C8H10N2O2/c11-7-1-2-8(12)10(7)6-3-4-9-5-6/h1-2,6,9H,3-5H2. The van der Waals surface area contributed by atoms with Gasteiger partial charge in [-0.15, -0.1) is 0 Å². The van der Waals surface area contributed by atoms with Crippen LogP contribution in [0.15, 0.2) is 12.2 Å². The summed E-state index contributed by atoms with van der Waals surface area (Å²) < 4.78 is 0. The molecule has 0 saturated carbocycles. The summed E-state index contributed by atoms with van der Waals surface area (Å²) >= 11 is 0. The predicted octanol–water partition coefficient (Wildman–Crippen LogP) is -0.727. The number of amides is 2. The molecule has 1 saturated heterocycles. The topological polar surface area (TPSA) is 49.4 Å². The van der Waals surface area contributed by atoms with Crippen molar-refractivity contribution in [3.8, 4) is 0 Å². The molecule has 1 unspecified atom stereocenters. The molecule has 0 aliphatic carbocycles. The Morgan fingerprint density at radius 2 is 2.00 bits per heavy atom. The van der Waals surface area contributed by atoms with Crippen LogP contribution in [0, 0.1) is 0 Å². The molecule has 2 aliphatic heterocycles. The van der Waals surface area contributed by atoms with E-state index in [1.165, 1.54) is 17.1 Å². The summed E-state index contributed by atoms with van der Waals surface area (Å²) in [5.74, 6) is -0.345. The average Bonchev–Trinajstić information content (AvgIpc) is 2.61. The molecule has 0 aromatic rings. The van der Waals surface area contributed by atoms with E-state index in [1.807, 2.05) is 0 Å². The first-order valence-electron chi connectivity index (χ1n) is 4.05. The lowest BCUT2D eigenvalue weighted by Gasteiger charge is -2.20. The molecule has 64 valence electrons. The Morgan fingerprint density at radius 3 is 2.50 bits per heavy atom. The van der Waals surface area contributed by atoms with Crippen LogP contribution in [0.4, 0.5) is 0 Å². The molecule has 0 radical (unpaired) electrons. The fourth-order valence-corrected chi connectivity index (χ4v) is 1.63. The third-order valence-corrected chi connectivity index (χ3v) is 2.24. The Hall–Kier alpha value is -1.16. The number of nitrogens with one attached hydrogen (secondary N) is 1. The molecule has 4 heteroatoms. The van der Waals surface area contributed by atoms with E-state index >= 15 is 0 Å². The van der Waals surface area contributed by atoms with Gasteiger partial charge < -0.3 is 5.32 Å². The molecule has 12 heavy (non-hydrogen) atoms. The summed E-state index contributed by atoms with van der Waals surface area (Å²) in [6.07, 6.45) is 3.54. The van der Waals surface area contributed by atoms with Crippen LogP contribution in [0.3, 0.4) is 0 Å². The molecule has 2 aliphatic rings. The maximum atomic E-state index is 11.2. The number of hydrogen-bond acceptors (Lipinski definition) is 3. The fourth-order valence-electron chi connectivity index (χ4n) is 1.63.